The van der Waals surface area contributed by atoms with Gasteiger partial charge < -0.3 is 10.1 Å². The van der Waals surface area contributed by atoms with E-state index in [2.05, 4.69) is 25.8 Å². The normalized spacial score (nSPS) is 11.4. The van der Waals surface area contributed by atoms with Gasteiger partial charge in [0.05, 0.1) is 11.7 Å². The van der Waals surface area contributed by atoms with E-state index in [0.717, 1.165) is 17.0 Å². The Morgan fingerprint density at radius 2 is 2.19 bits per heavy atom. The summed E-state index contributed by atoms with van der Waals surface area (Å²) in [6, 6.07) is 0. The first-order valence-corrected chi connectivity index (χ1v) is 7.42. The van der Waals surface area contributed by atoms with Crippen LogP contribution in [-0.4, -0.2) is 26.9 Å². The molecule has 0 bridgehead atoms. The second kappa shape index (κ2) is 6.68. The largest absolute Gasteiger partial charge is 0.444 e. The van der Waals surface area contributed by atoms with Gasteiger partial charge in [0.15, 0.2) is 0 Å². The number of ether oxygens (including phenoxy) is 1. The molecule has 0 spiro atoms. The molecule has 21 heavy (non-hydrogen) atoms. The SMILES string of the molecule is CC(C)(C)OC(=O)Nc1[nH]ncc1CNCc1cncs1. The molecule has 0 aliphatic rings. The highest BCUT2D eigenvalue weighted by Crippen LogP contribution is 2.14. The topological polar surface area (TPSA) is 91.9 Å². The highest BCUT2D eigenvalue weighted by molar-refractivity contribution is 7.09. The molecule has 2 aromatic heterocycles. The molecule has 3 N–H and O–H groups in total. The average Bonchev–Trinajstić information content (AvgIpc) is 2.99. The number of hydrogen-bond acceptors (Lipinski definition) is 6. The highest BCUT2D eigenvalue weighted by Gasteiger charge is 2.17. The maximum atomic E-state index is 11.7. The van der Waals surface area contributed by atoms with E-state index in [1.807, 2.05) is 27.0 Å². The summed E-state index contributed by atoms with van der Waals surface area (Å²) in [7, 11) is 0. The van der Waals surface area contributed by atoms with Crippen LogP contribution >= 0.6 is 11.3 Å². The van der Waals surface area contributed by atoms with Crippen molar-refractivity contribution in [3.05, 3.63) is 28.3 Å². The summed E-state index contributed by atoms with van der Waals surface area (Å²) < 4.78 is 5.20. The number of aromatic amines is 1. The number of H-pyrrole nitrogens is 1. The number of carbonyl (C=O) groups is 1. The molecule has 0 saturated heterocycles. The Kier molecular flexibility index (Phi) is 4.92. The Hall–Kier alpha value is -1.93. The number of amides is 1. The molecule has 2 rings (SSSR count). The lowest BCUT2D eigenvalue weighted by atomic mass is 10.2. The molecule has 1 amide bonds. The van der Waals surface area contributed by atoms with Crippen molar-refractivity contribution in [2.75, 3.05) is 5.32 Å². The van der Waals surface area contributed by atoms with Crippen molar-refractivity contribution in [1.29, 1.82) is 0 Å². The van der Waals surface area contributed by atoms with Crippen LogP contribution in [0.4, 0.5) is 10.6 Å². The van der Waals surface area contributed by atoms with Gasteiger partial charge in [-0.1, -0.05) is 0 Å². The lowest BCUT2D eigenvalue weighted by Gasteiger charge is -2.19. The number of thiazole rings is 1. The number of nitrogens with one attached hydrogen (secondary N) is 3. The van der Waals surface area contributed by atoms with Crippen LogP contribution in [0.15, 0.2) is 17.9 Å². The summed E-state index contributed by atoms with van der Waals surface area (Å²) in [6.45, 7) is 6.76. The minimum Gasteiger partial charge on any atom is -0.444 e. The Morgan fingerprint density at radius 3 is 2.86 bits per heavy atom. The molecule has 7 nitrogen and oxygen atoms in total. The first-order chi connectivity index (χ1) is 9.94. The number of anilines is 1. The molecular weight excluding hydrogens is 290 g/mol. The number of carbonyl (C=O) groups excluding carboxylic acids is 1. The van der Waals surface area contributed by atoms with E-state index >= 15 is 0 Å². The molecule has 114 valence electrons. The molecule has 2 heterocycles. The van der Waals surface area contributed by atoms with E-state index in [0.29, 0.717) is 12.4 Å². The van der Waals surface area contributed by atoms with Crippen molar-refractivity contribution in [3.63, 3.8) is 0 Å². The quantitative estimate of drug-likeness (QED) is 0.789. The Balaban J connectivity index is 1.85. The number of rotatable bonds is 5. The Labute approximate surface area is 127 Å². The van der Waals surface area contributed by atoms with Gasteiger partial charge in [-0.05, 0) is 20.8 Å². The fraction of sp³-hybridized carbons (Fsp3) is 0.462. The minimum absolute atomic E-state index is 0.504. The van der Waals surface area contributed by atoms with Crippen molar-refractivity contribution in [3.8, 4) is 0 Å². The third-order valence-electron chi connectivity index (χ3n) is 2.44. The van der Waals surface area contributed by atoms with Gasteiger partial charge in [0.1, 0.15) is 11.4 Å². The summed E-state index contributed by atoms with van der Waals surface area (Å²) in [5, 5.41) is 12.6. The standard InChI is InChI=1S/C13H19N5O2S/c1-13(2,3)20-12(19)17-11-9(5-16-18-11)4-14-6-10-7-15-8-21-10/h5,7-8,14H,4,6H2,1-3H3,(H2,16,17,18,19). The van der Waals surface area contributed by atoms with Crippen molar-refractivity contribution in [2.24, 2.45) is 0 Å². The molecule has 0 unspecified atom stereocenters. The second-order valence-electron chi connectivity index (χ2n) is 5.47. The van der Waals surface area contributed by atoms with Gasteiger partial charge in [0.25, 0.3) is 0 Å². The zero-order chi connectivity index (χ0) is 15.3. The van der Waals surface area contributed by atoms with Gasteiger partial charge in [-0.25, -0.2) is 4.79 Å². The molecule has 0 saturated carbocycles. The van der Waals surface area contributed by atoms with Crippen LogP contribution in [0.2, 0.25) is 0 Å². The highest BCUT2D eigenvalue weighted by atomic mass is 32.1. The number of hydrogen-bond donors (Lipinski definition) is 3. The minimum atomic E-state index is -0.533. The molecular formula is C13H19N5O2S. The predicted molar refractivity (Wildman–Crippen MR) is 81.1 cm³/mol. The van der Waals surface area contributed by atoms with Crippen LogP contribution in [0.3, 0.4) is 0 Å². The molecule has 0 aromatic carbocycles. The molecule has 0 fully saturated rings. The van der Waals surface area contributed by atoms with Crippen molar-refractivity contribution in [1.82, 2.24) is 20.5 Å². The first-order valence-electron chi connectivity index (χ1n) is 6.54. The van der Waals surface area contributed by atoms with Gasteiger partial charge in [0.2, 0.25) is 0 Å². The molecule has 0 atom stereocenters. The van der Waals surface area contributed by atoms with E-state index in [1.165, 1.54) is 0 Å². The lowest BCUT2D eigenvalue weighted by molar-refractivity contribution is 0.0635. The maximum Gasteiger partial charge on any atom is 0.413 e. The summed E-state index contributed by atoms with van der Waals surface area (Å²) in [4.78, 5) is 16.9. The second-order valence-corrected chi connectivity index (χ2v) is 6.44. The monoisotopic (exact) mass is 309 g/mol. The fourth-order valence-corrected chi connectivity index (χ4v) is 2.17. The first kappa shape index (κ1) is 15.5. The van der Waals surface area contributed by atoms with Gasteiger partial charge in [-0.3, -0.25) is 15.4 Å². The molecule has 0 radical (unpaired) electrons. The predicted octanol–water partition coefficient (Wildman–Crippen LogP) is 2.50. The number of nitrogens with zero attached hydrogens (tertiary/aromatic N) is 2. The summed E-state index contributed by atoms with van der Waals surface area (Å²) in [6.07, 6.45) is 3.00. The zero-order valence-electron chi connectivity index (χ0n) is 12.3. The third kappa shape index (κ3) is 5.16. The number of aromatic nitrogens is 3. The summed E-state index contributed by atoms with van der Waals surface area (Å²) in [5.41, 5.74) is 2.13. The van der Waals surface area contributed by atoms with E-state index in [9.17, 15) is 4.79 Å². The lowest BCUT2D eigenvalue weighted by Crippen LogP contribution is -2.27. The van der Waals surface area contributed by atoms with E-state index in [-0.39, 0.29) is 0 Å². The van der Waals surface area contributed by atoms with E-state index < -0.39 is 11.7 Å². The van der Waals surface area contributed by atoms with Gasteiger partial charge in [0, 0.05) is 29.7 Å². The van der Waals surface area contributed by atoms with Crippen LogP contribution in [-0.2, 0) is 17.8 Å². The fourth-order valence-electron chi connectivity index (χ4n) is 1.61. The van der Waals surface area contributed by atoms with Crippen LogP contribution in [0.5, 0.6) is 0 Å². The summed E-state index contributed by atoms with van der Waals surface area (Å²) in [5.74, 6) is 0.543. The maximum absolute atomic E-state index is 11.7. The molecule has 8 heteroatoms. The van der Waals surface area contributed by atoms with E-state index in [1.54, 1.807) is 23.0 Å². The Morgan fingerprint density at radius 1 is 1.38 bits per heavy atom. The van der Waals surface area contributed by atoms with Crippen LogP contribution in [0.25, 0.3) is 0 Å². The summed E-state index contributed by atoms with van der Waals surface area (Å²) >= 11 is 1.59. The van der Waals surface area contributed by atoms with Crippen molar-refractivity contribution in [2.45, 2.75) is 39.5 Å². The zero-order valence-corrected chi connectivity index (χ0v) is 13.1. The van der Waals surface area contributed by atoms with Crippen LogP contribution in [0, 0.1) is 0 Å². The average molecular weight is 309 g/mol. The van der Waals surface area contributed by atoms with Crippen LogP contribution < -0.4 is 10.6 Å². The van der Waals surface area contributed by atoms with Gasteiger partial charge in [-0.15, -0.1) is 11.3 Å². The third-order valence-corrected chi connectivity index (χ3v) is 3.22. The molecule has 0 aliphatic heterocycles. The van der Waals surface area contributed by atoms with Crippen molar-refractivity contribution >= 4 is 23.2 Å². The van der Waals surface area contributed by atoms with Gasteiger partial charge >= 0.3 is 6.09 Å². The smallest absolute Gasteiger partial charge is 0.413 e. The van der Waals surface area contributed by atoms with Crippen molar-refractivity contribution < 1.29 is 9.53 Å². The Bertz CT molecular complexity index is 574. The molecule has 0 aliphatic carbocycles. The molecule has 2 aromatic rings. The van der Waals surface area contributed by atoms with E-state index in [4.69, 9.17) is 4.74 Å². The van der Waals surface area contributed by atoms with Gasteiger partial charge in [-0.2, -0.15) is 5.10 Å². The van der Waals surface area contributed by atoms with Crippen LogP contribution in [0.1, 0.15) is 31.2 Å².